The molecular weight excluding hydrogens is 142 g/mol. The molecule has 2 fully saturated rings. The van der Waals surface area contributed by atoms with Gasteiger partial charge in [0.1, 0.15) is 5.60 Å². The van der Waals surface area contributed by atoms with Gasteiger partial charge in [-0.1, -0.05) is 0 Å². The first-order valence-electron chi connectivity index (χ1n) is 4.19. The number of nitrogens with one attached hydrogen (secondary N) is 1. The molecule has 1 aliphatic carbocycles. The van der Waals surface area contributed by atoms with Crippen molar-refractivity contribution in [3.63, 3.8) is 0 Å². The lowest BCUT2D eigenvalue weighted by atomic mass is 9.99. The summed E-state index contributed by atoms with van der Waals surface area (Å²) >= 11 is 0. The highest BCUT2D eigenvalue weighted by Crippen LogP contribution is 2.50. The molecule has 0 aromatic heterocycles. The minimum absolute atomic E-state index is 0.0889. The number of rotatable bonds is 2. The molecule has 0 aromatic carbocycles. The van der Waals surface area contributed by atoms with Gasteiger partial charge in [-0.2, -0.15) is 0 Å². The Morgan fingerprint density at radius 1 is 1.55 bits per heavy atom. The molecule has 2 N–H and O–H groups in total. The lowest BCUT2D eigenvalue weighted by Gasteiger charge is -2.19. The van der Waals surface area contributed by atoms with Gasteiger partial charge in [0.15, 0.2) is 0 Å². The van der Waals surface area contributed by atoms with E-state index in [1.807, 2.05) is 7.05 Å². The van der Waals surface area contributed by atoms with Crippen molar-refractivity contribution in [1.82, 2.24) is 5.32 Å². The summed E-state index contributed by atoms with van der Waals surface area (Å²) in [4.78, 5) is 0. The van der Waals surface area contributed by atoms with E-state index in [0.717, 1.165) is 19.3 Å². The predicted octanol–water partition coefficient (Wildman–Crippen LogP) is -0.110. The van der Waals surface area contributed by atoms with Crippen molar-refractivity contribution in [2.75, 3.05) is 20.2 Å². The van der Waals surface area contributed by atoms with Gasteiger partial charge < -0.3 is 15.2 Å². The predicted molar refractivity (Wildman–Crippen MR) is 41.4 cm³/mol. The number of hydrogen-bond acceptors (Lipinski definition) is 3. The molecule has 0 amide bonds. The maximum atomic E-state index is 9.88. The summed E-state index contributed by atoms with van der Waals surface area (Å²) in [5.41, 5.74) is -0.503. The highest BCUT2D eigenvalue weighted by Gasteiger charge is 2.55. The van der Waals surface area contributed by atoms with Gasteiger partial charge in [-0.3, -0.25) is 0 Å². The Balaban J connectivity index is 1.96. The van der Waals surface area contributed by atoms with Crippen LogP contribution in [0.4, 0.5) is 0 Å². The third-order valence-electron chi connectivity index (χ3n) is 2.61. The first-order chi connectivity index (χ1) is 5.18. The molecule has 1 unspecified atom stereocenters. The van der Waals surface area contributed by atoms with E-state index in [1.165, 1.54) is 0 Å². The third kappa shape index (κ3) is 1.28. The molecule has 3 heteroatoms. The molecular formula is C8H15NO2. The summed E-state index contributed by atoms with van der Waals surface area (Å²) in [5.74, 6) is 0. The maximum absolute atomic E-state index is 9.88. The fourth-order valence-electron chi connectivity index (χ4n) is 1.89. The summed E-state index contributed by atoms with van der Waals surface area (Å²) in [6.07, 6.45) is 3.10. The van der Waals surface area contributed by atoms with Crippen LogP contribution in [0.5, 0.6) is 0 Å². The summed E-state index contributed by atoms with van der Waals surface area (Å²) in [5, 5.41) is 12.9. The molecule has 1 saturated carbocycles. The molecule has 1 aliphatic heterocycles. The van der Waals surface area contributed by atoms with Crippen molar-refractivity contribution in [3.8, 4) is 0 Å². The first kappa shape index (κ1) is 7.53. The summed E-state index contributed by atoms with van der Waals surface area (Å²) in [7, 11) is 1.86. The second-order valence-electron chi connectivity index (χ2n) is 3.90. The zero-order chi connectivity index (χ0) is 7.95. The van der Waals surface area contributed by atoms with E-state index in [2.05, 4.69) is 5.32 Å². The molecule has 0 bridgehead atoms. The van der Waals surface area contributed by atoms with E-state index in [9.17, 15) is 5.11 Å². The van der Waals surface area contributed by atoms with Crippen LogP contribution in [-0.4, -0.2) is 36.5 Å². The number of ether oxygens (including phenoxy) is 1. The van der Waals surface area contributed by atoms with Crippen LogP contribution in [-0.2, 0) is 4.74 Å². The Kier molecular flexibility index (Phi) is 1.50. The Morgan fingerprint density at radius 2 is 2.27 bits per heavy atom. The molecule has 0 radical (unpaired) electrons. The average Bonchev–Trinajstić information content (AvgIpc) is 2.58. The van der Waals surface area contributed by atoms with E-state index >= 15 is 0 Å². The van der Waals surface area contributed by atoms with Gasteiger partial charge >= 0.3 is 0 Å². The van der Waals surface area contributed by atoms with Gasteiger partial charge in [0.05, 0.1) is 12.2 Å². The largest absolute Gasteiger partial charge is 0.386 e. The summed E-state index contributed by atoms with van der Waals surface area (Å²) < 4.78 is 5.53. The second-order valence-corrected chi connectivity index (χ2v) is 3.90. The molecule has 64 valence electrons. The van der Waals surface area contributed by atoms with E-state index < -0.39 is 5.60 Å². The van der Waals surface area contributed by atoms with Crippen LogP contribution in [0.3, 0.4) is 0 Å². The average molecular weight is 157 g/mol. The molecule has 3 nitrogen and oxygen atoms in total. The number of aliphatic hydroxyl groups is 1. The standard InChI is InChI=1S/C8H15NO2/c1-9-5-7(10)4-8(2-3-8)11-6-7/h9-10H,2-6H2,1H3. The fraction of sp³-hybridized carbons (Fsp3) is 1.00. The van der Waals surface area contributed by atoms with Crippen LogP contribution in [0.2, 0.25) is 0 Å². The first-order valence-corrected chi connectivity index (χ1v) is 4.19. The number of hydrogen-bond donors (Lipinski definition) is 2. The van der Waals surface area contributed by atoms with Crippen molar-refractivity contribution in [1.29, 1.82) is 0 Å². The van der Waals surface area contributed by atoms with E-state index in [1.54, 1.807) is 0 Å². The second kappa shape index (κ2) is 2.19. The summed E-state index contributed by atoms with van der Waals surface area (Å²) in [6.45, 7) is 1.16. The molecule has 1 saturated heterocycles. The smallest absolute Gasteiger partial charge is 0.103 e. The molecule has 1 spiro atoms. The molecule has 0 aromatic rings. The van der Waals surface area contributed by atoms with Crippen molar-refractivity contribution in [2.45, 2.75) is 30.5 Å². The Bertz CT molecular complexity index is 167. The fourth-order valence-corrected chi connectivity index (χ4v) is 1.89. The van der Waals surface area contributed by atoms with Crippen molar-refractivity contribution in [2.24, 2.45) is 0 Å². The summed E-state index contributed by atoms with van der Waals surface area (Å²) in [6, 6.07) is 0. The Labute approximate surface area is 66.7 Å². The van der Waals surface area contributed by atoms with E-state index in [0.29, 0.717) is 13.2 Å². The lowest BCUT2D eigenvalue weighted by molar-refractivity contribution is 0.0205. The van der Waals surface area contributed by atoms with Gasteiger partial charge in [-0.25, -0.2) is 0 Å². The highest BCUT2D eigenvalue weighted by atomic mass is 16.5. The highest BCUT2D eigenvalue weighted by molar-refractivity contribution is 5.07. The van der Waals surface area contributed by atoms with Crippen LogP contribution < -0.4 is 5.32 Å². The zero-order valence-corrected chi connectivity index (χ0v) is 6.89. The van der Waals surface area contributed by atoms with Crippen LogP contribution in [0, 0.1) is 0 Å². The molecule has 11 heavy (non-hydrogen) atoms. The minimum atomic E-state index is -0.592. The lowest BCUT2D eigenvalue weighted by Crippen LogP contribution is -2.40. The normalized spacial score (nSPS) is 39.8. The van der Waals surface area contributed by atoms with E-state index in [-0.39, 0.29) is 5.60 Å². The van der Waals surface area contributed by atoms with Gasteiger partial charge in [0.2, 0.25) is 0 Å². The third-order valence-corrected chi connectivity index (χ3v) is 2.61. The Morgan fingerprint density at radius 3 is 2.73 bits per heavy atom. The molecule has 2 rings (SSSR count). The topological polar surface area (TPSA) is 41.5 Å². The van der Waals surface area contributed by atoms with Gasteiger partial charge in [0, 0.05) is 13.0 Å². The molecule has 1 heterocycles. The van der Waals surface area contributed by atoms with Crippen LogP contribution in [0.15, 0.2) is 0 Å². The van der Waals surface area contributed by atoms with Gasteiger partial charge in [-0.05, 0) is 19.9 Å². The maximum Gasteiger partial charge on any atom is 0.103 e. The zero-order valence-electron chi connectivity index (χ0n) is 6.89. The minimum Gasteiger partial charge on any atom is -0.386 e. The number of likely N-dealkylation sites (N-methyl/N-ethyl adjacent to an activating group) is 1. The van der Waals surface area contributed by atoms with Crippen molar-refractivity contribution < 1.29 is 9.84 Å². The van der Waals surface area contributed by atoms with Crippen LogP contribution >= 0.6 is 0 Å². The van der Waals surface area contributed by atoms with Gasteiger partial charge in [0.25, 0.3) is 0 Å². The Hall–Kier alpha value is -0.120. The molecule has 1 atom stereocenters. The van der Waals surface area contributed by atoms with Crippen LogP contribution in [0.25, 0.3) is 0 Å². The van der Waals surface area contributed by atoms with Crippen LogP contribution in [0.1, 0.15) is 19.3 Å². The molecule has 2 aliphatic rings. The van der Waals surface area contributed by atoms with Gasteiger partial charge in [-0.15, -0.1) is 0 Å². The van der Waals surface area contributed by atoms with E-state index in [4.69, 9.17) is 4.74 Å². The monoisotopic (exact) mass is 157 g/mol. The van der Waals surface area contributed by atoms with Crippen molar-refractivity contribution in [3.05, 3.63) is 0 Å². The SMILES string of the molecule is CNCC1(O)COC2(CC2)C1. The van der Waals surface area contributed by atoms with Crippen molar-refractivity contribution >= 4 is 0 Å². The quantitative estimate of drug-likeness (QED) is 0.587.